The maximum atomic E-state index is 5.44. The van der Waals surface area contributed by atoms with Gasteiger partial charge in [-0.25, -0.2) is 0 Å². The third-order valence-corrected chi connectivity index (χ3v) is 4.21. The Morgan fingerprint density at radius 3 is 2.41 bits per heavy atom. The number of hydrogen-bond acceptors (Lipinski definition) is 3. The molecule has 148 valence electrons. The van der Waals surface area contributed by atoms with Crippen LogP contribution in [0.5, 0.6) is 5.75 Å². The van der Waals surface area contributed by atoms with E-state index in [4.69, 9.17) is 9.47 Å². The van der Waals surface area contributed by atoms with Gasteiger partial charge in [0.2, 0.25) is 0 Å². The van der Waals surface area contributed by atoms with E-state index in [0.29, 0.717) is 13.2 Å². The molecule has 2 aromatic rings. The molecule has 0 fully saturated rings. The van der Waals surface area contributed by atoms with E-state index in [9.17, 15) is 0 Å². The Kier molecular flexibility index (Phi) is 10.8. The number of nitrogens with zero attached hydrogens (tertiary/aromatic N) is 1. The quantitative estimate of drug-likeness (QED) is 0.342. The van der Waals surface area contributed by atoms with Crippen molar-refractivity contribution in [3.05, 3.63) is 64.7 Å². The molecule has 0 saturated carbocycles. The van der Waals surface area contributed by atoms with Crippen LogP contribution in [0.15, 0.2) is 47.5 Å². The third kappa shape index (κ3) is 7.38. The van der Waals surface area contributed by atoms with Gasteiger partial charge in [0.25, 0.3) is 0 Å². The van der Waals surface area contributed by atoms with Crippen molar-refractivity contribution in [1.29, 1.82) is 0 Å². The van der Waals surface area contributed by atoms with E-state index in [2.05, 4.69) is 46.8 Å². The minimum absolute atomic E-state index is 0. The molecule has 0 unspecified atom stereocenters. The van der Waals surface area contributed by atoms with Crippen molar-refractivity contribution < 1.29 is 9.47 Å². The second-order valence-electron chi connectivity index (χ2n) is 6.12. The van der Waals surface area contributed by atoms with Crippen LogP contribution in [-0.2, 0) is 24.3 Å². The van der Waals surface area contributed by atoms with Gasteiger partial charge in [-0.15, -0.1) is 24.0 Å². The van der Waals surface area contributed by atoms with Gasteiger partial charge in [0, 0.05) is 27.2 Å². The highest BCUT2D eigenvalue weighted by Gasteiger charge is 2.05. The van der Waals surface area contributed by atoms with Gasteiger partial charge in [0.05, 0.1) is 13.7 Å². The molecule has 0 aliphatic heterocycles. The Hall–Kier alpha value is -1.80. The van der Waals surface area contributed by atoms with Gasteiger partial charge in [-0.3, -0.25) is 4.99 Å². The summed E-state index contributed by atoms with van der Waals surface area (Å²) in [6, 6.07) is 14.5. The summed E-state index contributed by atoms with van der Waals surface area (Å²) in [5.74, 6) is 1.71. The lowest BCUT2D eigenvalue weighted by molar-refractivity contribution is 0.184. The standard InChI is InChI=1S/C21H29N3O2.HI/c1-16-9-10-20(26-4)17(13-16)11-12-23-21(22-2)24-14-18-7-5-6-8-19(18)15-25-3;/h5-10,13H,11-12,14-15H2,1-4H3,(H2,22,23,24);1H. The van der Waals surface area contributed by atoms with Crippen molar-refractivity contribution in [1.82, 2.24) is 10.6 Å². The van der Waals surface area contributed by atoms with E-state index in [0.717, 1.165) is 24.7 Å². The third-order valence-electron chi connectivity index (χ3n) is 4.21. The molecule has 0 atom stereocenters. The normalized spacial score (nSPS) is 10.9. The van der Waals surface area contributed by atoms with Crippen LogP contribution >= 0.6 is 24.0 Å². The number of methoxy groups -OCH3 is 2. The van der Waals surface area contributed by atoms with Crippen molar-refractivity contribution in [2.75, 3.05) is 27.8 Å². The molecular formula is C21H30IN3O2. The summed E-state index contributed by atoms with van der Waals surface area (Å²) < 4.78 is 10.7. The maximum absolute atomic E-state index is 5.44. The molecule has 0 saturated heterocycles. The number of aliphatic imine (C=N–C) groups is 1. The van der Waals surface area contributed by atoms with Gasteiger partial charge >= 0.3 is 0 Å². The van der Waals surface area contributed by atoms with E-state index >= 15 is 0 Å². The van der Waals surface area contributed by atoms with Crippen LogP contribution in [0.25, 0.3) is 0 Å². The summed E-state index contributed by atoms with van der Waals surface area (Å²) in [5.41, 5.74) is 4.82. The summed E-state index contributed by atoms with van der Waals surface area (Å²) >= 11 is 0. The Labute approximate surface area is 179 Å². The topological polar surface area (TPSA) is 54.9 Å². The molecule has 0 aliphatic rings. The van der Waals surface area contributed by atoms with Gasteiger partial charge in [-0.2, -0.15) is 0 Å². The summed E-state index contributed by atoms with van der Waals surface area (Å²) in [6.45, 7) is 4.18. The lowest BCUT2D eigenvalue weighted by Crippen LogP contribution is -2.38. The van der Waals surface area contributed by atoms with Gasteiger partial charge in [0.1, 0.15) is 5.75 Å². The summed E-state index contributed by atoms with van der Waals surface area (Å²) in [5, 5.41) is 6.73. The Balaban J connectivity index is 0.00000364. The first-order valence-electron chi connectivity index (χ1n) is 8.81. The predicted molar refractivity (Wildman–Crippen MR) is 122 cm³/mol. The second-order valence-corrected chi connectivity index (χ2v) is 6.12. The molecule has 5 nitrogen and oxygen atoms in total. The number of rotatable bonds is 8. The molecular weight excluding hydrogens is 453 g/mol. The molecule has 27 heavy (non-hydrogen) atoms. The lowest BCUT2D eigenvalue weighted by Gasteiger charge is -2.15. The van der Waals surface area contributed by atoms with Crippen LogP contribution in [-0.4, -0.2) is 33.8 Å². The molecule has 2 N–H and O–H groups in total. The summed E-state index contributed by atoms with van der Waals surface area (Å²) in [6.07, 6.45) is 0.867. The molecule has 0 heterocycles. The Bertz CT molecular complexity index is 735. The van der Waals surface area contributed by atoms with Crippen LogP contribution in [0, 0.1) is 6.92 Å². The molecule has 6 heteroatoms. The number of halogens is 1. The van der Waals surface area contributed by atoms with Gasteiger partial charge in [-0.05, 0) is 36.1 Å². The highest BCUT2D eigenvalue weighted by molar-refractivity contribution is 14.0. The number of benzene rings is 2. The van der Waals surface area contributed by atoms with Crippen molar-refractivity contribution in [3.8, 4) is 5.75 Å². The number of nitrogens with one attached hydrogen (secondary N) is 2. The van der Waals surface area contributed by atoms with E-state index in [1.807, 2.05) is 18.2 Å². The zero-order chi connectivity index (χ0) is 18.8. The number of aryl methyl sites for hydroxylation is 1. The van der Waals surface area contributed by atoms with Crippen LogP contribution in [0.4, 0.5) is 0 Å². The van der Waals surface area contributed by atoms with E-state index in [1.165, 1.54) is 22.3 Å². The SMILES string of the molecule is CN=C(NCCc1cc(C)ccc1OC)NCc1ccccc1COC.I. The van der Waals surface area contributed by atoms with E-state index in [1.54, 1.807) is 21.3 Å². The molecule has 0 spiro atoms. The van der Waals surface area contributed by atoms with Crippen LogP contribution < -0.4 is 15.4 Å². The Morgan fingerprint density at radius 1 is 1.00 bits per heavy atom. The van der Waals surface area contributed by atoms with E-state index in [-0.39, 0.29) is 24.0 Å². The monoisotopic (exact) mass is 483 g/mol. The van der Waals surface area contributed by atoms with Crippen molar-refractivity contribution >= 4 is 29.9 Å². The minimum atomic E-state index is 0. The average Bonchev–Trinajstić information content (AvgIpc) is 2.66. The smallest absolute Gasteiger partial charge is 0.191 e. The minimum Gasteiger partial charge on any atom is -0.496 e. The number of hydrogen-bond donors (Lipinski definition) is 2. The lowest BCUT2D eigenvalue weighted by atomic mass is 10.1. The van der Waals surface area contributed by atoms with Gasteiger partial charge in [0.15, 0.2) is 5.96 Å². The molecule has 0 amide bonds. The van der Waals surface area contributed by atoms with Crippen molar-refractivity contribution in [3.63, 3.8) is 0 Å². The van der Waals surface area contributed by atoms with Gasteiger partial charge < -0.3 is 20.1 Å². The highest BCUT2D eigenvalue weighted by atomic mass is 127. The summed E-state index contributed by atoms with van der Waals surface area (Å²) in [4.78, 5) is 4.30. The van der Waals surface area contributed by atoms with Crippen LogP contribution in [0.2, 0.25) is 0 Å². The van der Waals surface area contributed by atoms with Crippen LogP contribution in [0.3, 0.4) is 0 Å². The maximum Gasteiger partial charge on any atom is 0.191 e. The summed E-state index contributed by atoms with van der Waals surface area (Å²) in [7, 11) is 5.20. The van der Waals surface area contributed by atoms with Crippen molar-refractivity contribution in [2.45, 2.75) is 26.5 Å². The average molecular weight is 483 g/mol. The first-order chi connectivity index (χ1) is 12.7. The largest absolute Gasteiger partial charge is 0.496 e. The first-order valence-corrected chi connectivity index (χ1v) is 8.81. The zero-order valence-corrected chi connectivity index (χ0v) is 18.9. The highest BCUT2D eigenvalue weighted by Crippen LogP contribution is 2.19. The molecule has 0 aliphatic carbocycles. The molecule has 0 radical (unpaired) electrons. The molecule has 2 aromatic carbocycles. The predicted octanol–water partition coefficient (Wildman–Crippen LogP) is 3.68. The Morgan fingerprint density at radius 2 is 1.74 bits per heavy atom. The fourth-order valence-corrected chi connectivity index (χ4v) is 2.84. The number of ether oxygens (including phenoxy) is 2. The molecule has 0 aromatic heterocycles. The number of guanidine groups is 1. The van der Waals surface area contributed by atoms with Crippen molar-refractivity contribution in [2.24, 2.45) is 4.99 Å². The fraction of sp³-hybridized carbons (Fsp3) is 0.381. The van der Waals surface area contributed by atoms with E-state index < -0.39 is 0 Å². The molecule has 0 bridgehead atoms. The first kappa shape index (κ1) is 23.2. The fourth-order valence-electron chi connectivity index (χ4n) is 2.84. The second kappa shape index (κ2) is 12.6. The zero-order valence-electron chi connectivity index (χ0n) is 16.5. The van der Waals surface area contributed by atoms with Crippen LogP contribution in [0.1, 0.15) is 22.3 Å². The molecule has 2 rings (SSSR count). The van der Waals surface area contributed by atoms with Gasteiger partial charge in [-0.1, -0.05) is 42.0 Å².